The van der Waals surface area contributed by atoms with Crippen LogP contribution >= 0.6 is 23.2 Å². The van der Waals surface area contributed by atoms with E-state index in [4.69, 9.17) is 27.9 Å². The number of esters is 1. The summed E-state index contributed by atoms with van der Waals surface area (Å²) in [7, 11) is 0. The molecule has 0 spiro atoms. The van der Waals surface area contributed by atoms with Gasteiger partial charge in [0.2, 0.25) is 0 Å². The van der Waals surface area contributed by atoms with Gasteiger partial charge in [0.25, 0.3) is 23.4 Å². The average molecular weight is 466 g/mol. The molecule has 3 rings (SSSR count). The molecule has 0 bridgehead atoms. The van der Waals surface area contributed by atoms with Gasteiger partial charge in [0.15, 0.2) is 6.10 Å². The summed E-state index contributed by atoms with van der Waals surface area (Å²) in [5.74, 6) is -3.65. The number of nitrogens with zero attached hydrogens (tertiary/aromatic N) is 2. The van der Waals surface area contributed by atoms with Crippen molar-refractivity contribution >= 4 is 58.3 Å². The second kappa shape index (κ2) is 8.70. The molecule has 0 aliphatic carbocycles. The SMILES string of the molecule is C[C@@H](OC(=O)CN1C(=O)c2cccc([N+](=O)[O-])c2C1=O)C(=O)Nc1cc(Cl)ccc1Cl. The van der Waals surface area contributed by atoms with Crippen molar-refractivity contribution in [3.05, 3.63) is 67.7 Å². The predicted octanol–water partition coefficient (Wildman–Crippen LogP) is 3.07. The Hall–Kier alpha value is -3.50. The van der Waals surface area contributed by atoms with Crippen LogP contribution in [0, 0.1) is 10.1 Å². The number of halogens is 2. The number of ether oxygens (including phenoxy) is 1. The molecular formula is C19H13Cl2N3O7. The number of nitro groups is 1. The lowest BCUT2D eigenvalue weighted by Gasteiger charge is -2.17. The number of anilines is 1. The molecule has 0 radical (unpaired) electrons. The second-order valence-electron chi connectivity index (χ2n) is 6.40. The van der Waals surface area contributed by atoms with E-state index < -0.39 is 52.5 Å². The average Bonchev–Trinajstić information content (AvgIpc) is 2.95. The van der Waals surface area contributed by atoms with E-state index in [2.05, 4.69) is 5.32 Å². The Morgan fingerprint density at radius 3 is 2.58 bits per heavy atom. The summed E-state index contributed by atoms with van der Waals surface area (Å²) >= 11 is 11.8. The van der Waals surface area contributed by atoms with Crippen molar-refractivity contribution in [2.24, 2.45) is 0 Å². The first-order valence-corrected chi connectivity index (χ1v) is 9.44. The van der Waals surface area contributed by atoms with E-state index in [1.807, 2.05) is 0 Å². The smallest absolute Gasteiger partial charge is 0.326 e. The molecule has 0 saturated heterocycles. The van der Waals surface area contributed by atoms with E-state index >= 15 is 0 Å². The standard InChI is InChI=1S/C19H13Cl2N3O7/c1-9(17(26)22-13-7-10(20)5-6-12(13)21)31-15(25)8-23-18(27)11-3-2-4-14(24(29)30)16(11)19(23)28/h2-7,9H,8H2,1H3,(H,22,26)/t9-/m1/s1. The van der Waals surface area contributed by atoms with Gasteiger partial charge in [-0.3, -0.25) is 34.2 Å². The molecule has 3 amide bonds. The van der Waals surface area contributed by atoms with E-state index in [0.717, 1.165) is 6.07 Å². The van der Waals surface area contributed by atoms with Crippen molar-refractivity contribution in [3.8, 4) is 0 Å². The number of benzene rings is 2. The Bertz CT molecular complexity index is 1140. The van der Waals surface area contributed by atoms with E-state index in [9.17, 15) is 29.3 Å². The van der Waals surface area contributed by atoms with Crippen LogP contribution in [0.4, 0.5) is 11.4 Å². The molecule has 1 N–H and O–H groups in total. The van der Waals surface area contributed by atoms with Crippen molar-refractivity contribution in [2.75, 3.05) is 11.9 Å². The van der Waals surface area contributed by atoms with Crippen LogP contribution in [0.2, 0.25) is 10.0 Å². The van der Waals surface area contributed by atoms with Gasteiger partial charge in [-0.25, -0.2) is 0 Å². The molecule has 0 aromatic heterocycles. The van der Waals surface area contributed by atoms with Crippen LogP contribution in [0.15, 0.2) is 36.4 Å². The Morgan fingerprint density at radius 2 is 1.90 bits per heavy atom. The molecule has 31 heavy (non-hydrogen) atoms. The zero-order chi connectivity index (χ0) is 22.9. The fourth-order valence-corrected chi connectivity index (χ4v) is 3.19. The Balaban J connectivity index is 1.67. The maximum Gasteiger partial charge on any atom is 0.326 e. The number of rotatable bonds is 6. The number of hydrogen-bond donors (Lipinski definition) is 1. The third-order valence-corrected chi connectivity index (χ3v) is 4.89. The van der Waals surface area contributed by atoms with Crippen LogP contribution in [0.3, 0.4) is 0 Å². The molecule has 1 aliphatic heterocycles. The van der Waals surface area contributed by atoms with Crippen molar-refractivity contribution in [1.29, 1.82) is 0 Å². The summed E-state index contributed by atoms with van der Waals surface area (Å²) in [6, 6.07) is 7.99. The Morgan fingerprint density at radius 1 is 1.19 bits per heavy atom. The Kier molecular flexibility index (Phi) is 6.23. The van der Waals surface area contributed by atoms with Crippen LogP contribution in [0.5, 0.6) is 0 Å². The molecule has 0 unspecified atom stereocenters. The van der Waals surface area contributed by atoms with Crippen LogP contribution in [-0.4, -0.2) is 46.2 Å². The predicted molar refractivity (Wildman–Crippen MR) is 109 cm³/mol. The highest BCUT2D eigenvalue weighted by molar-refractivity contribution is 6.35. The second-order valence-corrected chi connectivity index (χ2v) is 7.24. The van der Waals surface area contributed by atoms with Gasteiger partial charge in [0, 0.05) is 11.1 Å². The quantitative estimate of drug-likeness (QED) is 0.299. The molecule has 160 valence electrons. The van der Waals surface area contributed by atoms with Gasteiger partial charge in [-0.2, -0.15) is 0 Å². The maximum atomic E-state index is 12.5. The van der Waals surface area contributed by atoms with Gasteiger partial charge in [0.1, 0.15) is 12.1 Å². The first-order valence-electron chi connectivity index (χ1n) is 8.69. The number of imide groups is 1. The fourth-order valence-electron chi connectivity index (χ4n) is 2.86. The fraction of sp³-hybridized carbons (Fsp3) is 0.158. The van der Waals surface area contributed by atoms with E-state index in [-0.39, 0.29) is 16.3 Å². The molecule has 10 nitrogen and oxygen atoms in total. The highest BCUT2D eigenvalue weighted by Crippen LogP contribution is 2.30. The molecule has 1 aliphatic rings. The van der Waals surface area contributed by atoms with Gasteiger partial charge in [-0.15, -0.1) is 0 Å². The number of carbonyl (C=O) groups is 4. The zero-order valence-electron chi connectivity index (χ0n) is 15.8. The normalized spacial score (nSPS) is 13.6. The minimum absolute atomic E-state index is 0.187. The third kappa shape index (κ3) is 4.49. The molecular weight excluding hydrogens is 453 g/mol. The number of fused-ring (bicyclic) bond motifs is 1. The Labute approximate surface area is 184 Å². The van der Waals surface area contributed by atoms with Gasteiger partial charge in [-0.1, -0.05) is 29.3 Å². The topological polar surface area (TPSA) is 136 Å². The van der Waals surface area contributed by atoms with Crippen molar-refractivity contribution < 1.29 is 28.8 Å². The summed E-state index contributed by atoms with van der Waals surface area (Å²) in [5.41, 5.74) is -0.923. The first kappa shape index (κ1) is 22.2. The van der Waals surface area contributed by atoms with Gasteiger partial charge < -0.3 is 10.1 Å². The summed E-state index contributed by atoms with van der Waals surface area (Å²) in [4.78, 5) is 60.2. The van der Waals surface area contributed by atoms with Crippen LogP contribution in [0.25, 0.3) is 0 Å². The van der Waals surface area contributed by atoms with Gasteiger partial charge in [-0.05, 0) is 31.2 Å². The number of nitrogens with one attached hydrogen (secondary N) is 1. The minimum atomic E-state index is -1.30. The molecule has 2 aromatic carbocycles. The van der Waals surface area contributed by atoms with Crippen LogP contribution < -0.4 is 5.32 Å². The molecule has 12 heteroatoms. The highest BCUT2D eigenvalue weighted by Gasteiger charge is 2.42. The maximum absolute atomic E-state index is 12.5. The lowest BCUT2D eigenvalue weighted by Crippen LogP contribution is -2.38. The molecule has 1 atom stereocenters. The van der Waals surface area contributed by atoms with Crippen molar-refractivity contribution in [3.63, 3.8) is 0 Å². The molecule has 2 aromatic rings. The van der Waals surface area contributed by atoms with Gasteiger partial charge in [0.05, 0.1) is 21.2 Å². The third-order valence-electron chi connectivity index (χ3n) is 4.32. The number of carbonyl (C=O) groups excluding carboxylic acids is 4. The largest absolute Gasteiger partial charge is 0.451 e. The number of hydrogen-bond acceptors (Lipinski definition) is 7. The monoisotopic (exact) mass is 465 g/mol. The number of nitro benzene ring substituents is 1. The lowest BCUT2D eigenvalue weighted by atomic mass is 10.1. The summed E-state index contributed by atoms with van der Waals surface area (Å²) in [6.45, 7) is 0.456. The summed E-state index contributed by atoms with van der Waals surface area (Å²) in [5, 5.41) is 14.1. The van der Waals surface area contributed by atoms with Crippen LogP contribution in [0.1, 0.15) is 27.6 Å². The summed E-state index contributed by atoms with van der Waals surface area (Å²) < 4.78 is 4.98. The lowest BCUT2D eigenvalue weighted by molar-refractivity contribution is -0.385. The first-order chi connectivity index (χ1) is 14.6. The van der Waals surface area contributed by atoms with Crippen molar-refractivity contribution in [2.45, 2.75) is 13.0 Å². The van der Waals surface area contributed by atoms with Crippen molar-refractivity contribution in [1.82, 2.24) is 4.90 Å². The minimum Gasteiger partial charge on any atom is -0.451 e. The van der Waals surface area contributed by atoms with Crippen LogP contribution in [-0.2, 0) is 14.3 Å². The van der Waals surface area contributed by atoms with E-state index in [1.54, 1.807) is 0 Å². The summed E-state index contributed by atoms with van der Waals surface area (Å²) in [6.07, 6.45) is -1.30. The molecule has 0 fully saturated rings. The number of amides is 3. The van der Waals surface area contributed by atoms with E-state index in [0.29, 0.717) is 9.92 Å². The van der Waals surface area contributed by atoms with E-state index in [1.165, 1.54) is 37.3 Å². The molecule has 1 heterocycles. The van der Waals surface area contributed by atoms with Gasteiger partial charge >= 0.3 is 5.97 Å². The highest BCUT2D eigenvalue weighted by atomic mass is 35.5. The molecule has 0 saturated carbocycles. The zero-order valence-corrected chi connectivity index (χ0v) is 17.3.